The number of rotatable bonds is 11. The number of aliphatic carboxylic acids is 1. The Balaban J connectivity index is 3.91. The van der Waals surface area contributed by atoms with Crippen LogP contribution in [0.3, 0.4) is 0 Å². The monoisotopic (exact) mass is 290 g/mol. The maximum Gasteiger partial charge on any atom is 0.313 e. The van der Waals surface area contributed by atoms with Gasteiger partial charge in [0.2, 0.25) is 5.91 Å². The summed E-state index contributed by atoms with van der Waals surface area (Å²) in [5, 5.41) is 8.53. The second kappa shape index (κ2) is 11.1. The van der Waals surface area contributed by atoms with E-state index in [1.54, 1.807) is 4.90 Å². The second-order valence-corrected chi connectivity index (χ2v) is 5.23. The Morgan fingerprint density at radius 1 is 1.00 bits per heavy atom. The minimum Gasteiger partial charge on any atom is -0.481 e. The van der Waals surface area contributed by atoms with Crippen molar-refractivity contribution in [3.05, 3.63) is 0 Å². The Kier molecular flexibility index (Phi) is 10.7. The maximum absolute atomic E-state index is 11.9. The lowest BCUT2D eigenvalue weighted by Crippen LogP contribution is -2.35. The average molecular weight is 290 g/mol. The number of carboxylic acid groups (broad SMARTS) is 1. The fourth-order valence-corrected chi connectivity index (χ4v) is 2.43. The Bertz CT molecular complexity index is 271. The molecule has 0 aromatic carbocycles. The van der Waals surface area contributed by atoms with Crippen molar-refractivity contribution < 1.29 is 14.7 Å². The number of hydrogen-bond donors (Lipinski definition) is 1. The molecule has 5 nitrogen and oxygen atoms in total. The molecule has 0 aromatic heterocycles. The Hall–Kier alpha value is -0.750. The first-order chi connectivity index (χ1) is 9.04. The third-order valence-electron chi connectivity index (χ3n) is 2.98. The fraction of sp³-hybridized carbons (Fsp3) is 0.846. The van der Waals surface area contributed by atoms with Gasteiger partial charge in [-0.15, -0.1) is 11.8 Å². The molecule has 0 atom stereocenters. The van der Waals surface area contributed by atoms with E-state index in [0.717, 1.165) is 44.4 Å². The van der Waals surface area contributed by atoms with Crippen LogP contribution in [0.4, 0.5) is 0 Å². The predicted molar refractivity (Wildman–Crippen MR) is 79.6 cm³/mol. The zero-order valence-corrected chi connectivity index (χ0v) is 13.0. The van der Waals surface area contributed by atoms with Gasteiger partial charge in [-0.3, -0.25) is 9.59 Å². The van der Waals surface area contributed by atoms with Gasteiger partial charge in [-0.25, -0.2) is 0 Å². The molecule has 6 heteroatoms. The molecule has 0 unspecified atom stereocenters. The van der Waals surface area contributed by atoms with Gasteiger partial charge in [0.15, 0.2) is 0 Å². The molecule has 0 bridgehead atoms. The van der Waals surface area contributed by atoms with E-state index >= 15 is 0 Å². The zero-order chi connectivity index (χ0) is 14.7. The van der Waals surface area contributed by atoms with Crippen molar-refractivity contribution in [2.75, 3.05) is 44.2 Å². The molecular formula is C13H26N2O3S. The highest BCUT2D eigenvalue weighted by molar-refractivity contribution is 8.00. The van der Waals surface area contributed by atoms with Gasteiger partial charge in [-0.05, 0) is 33.0 Å². The lowest BCUT2D eigenvalue weighted by Gasteiger charge is -2.23. The van der Waals surface area contributed by atoms with Crippen LogP contribution in [0.2, 0.25) is 0 Å². The van der Waals surface area contributed by atoms with Gasteiger partial charge in [0.1, 0.15) is 0 Å². The molecule has 0 fully saturated rings. The van der Waals surface area contributed by atoms with Crippen molar-refractivity contribution in [1.82, 2.24) is 9.80 Å². The fourth-order valence-electron chi connectivity index (χ4n) is 1.80. The molecule has 0 spiro atoms. The van der Waals surface area contributed by atoms with Crippen LogP contribution in [0.5, 0.6) is 0 Å². The van der Waals surface area contributed by atoms with E-state index in [4.69, 9.17) is 5.11 Å². The second-order valence-electron chi connectivity index (χ2n) is 4.24. The standard InChI is InChI=1S/C13H26N2O3S/c1-4-14(5-2)8-7-9-15(6-3)12(16)10-19-11-13(17)18/h4-11H2,1-3H3,(H,17,18). The number of nitrogens with zero attached hydrogens (tertiary/aromatic N) is 2. The van der Waals surface area contributed by atoms with Gasteiger partial charge >= 0.3 is 5.97 Å². The van der Waals surface area contributed by atoms with Crippen LogP contribution in [0.25, 0.3) is 0 Å². The summed E-state index contributed by atoms with van der Waals surface area (Å²) in [6, 6.07) is 0. The third kappa shape index (κ3) is 8.88. The van der Waals surface area contributed by atoms with Gasteiger partial charge in [0.05, 0.1) is 11.5 Å². The smallest absolute Gasteiger partial charge is 0.313 e. The summed E-state index contributed by atoms with van der Waals surface area (Å²) in [5.74, 6) is -0.593. The Morgan fingerprint density at radius 3 is 2.11 bits per heavy atom. The molecule has 0 saturated carbocycles. The first-order valence-electron chi connectivity index (χ1n) is 6.84. The number of carbonyl (C=O) groups excluding carboxylic acids is 1. The molecule has 0 aliphatic carbocycles. The average Bonchev–Trinajstić information content (AvgIpc) is 2.38. The summed E-state index contributed by atoms with van der Waals surface area (Å²) in [5.41, 5.74) is 0. The quantitative estimate of drug-likeness (QED) is 0.623. The summed E-state index contributed by atoms with van der Waals surface area (Å²) in [4.78, 5) is 26.4. The topological polar surface area (TPSA) is 60.9 Å². The van der Waals surface area contributed by atoms with Crippen LogP contribution in [0, 0.1) is 0 Å². The minimum absolute atomic E-state index is 0.0112. The van der Waals surface area contributed by atoms with Crippen molar-refractivity contribution in [3.63, 3.8) is 0 Å². The summed E-state index contributed by atoms with van der Waals surface area (Å²) in [6.07, 6.45) is 0.963. The molecule has 0 aliphatic heterocycles. The van der Waals surface area contributed by atoms with Crippen LogP contribution < -0.4 is 0 Å². The highest BCUT2D eigenvalue weighted by Gasteiger charge is 2.12. The SMILES string of the molecule is CCN(CC)CCCN(CC)C(=O)CSCC(=O)O. The van der Waals surface area contributed by atoms with E-state index in [0.29, 0.717) is 6.54 Å². The molecule has 0 heterocycles. The summed E-state index contributed by atoms with van der Waals surface area (Å²) in [7, 11) is 0. The number of hydrogen-bond acceptors (Lipinski definition) is 4. The van der Waals surface area contributed by atoms with Gasteiger partial charge in [-0.1, -0.05) is 13.8 Å². The lowest BCUT2D eigenvalue weighted by molar-refractivity contribution is -0.133. The highest BCUT2D eigenvalue weighted by atomic mass is 32.2. The van der Waals surface area contributed by atoms with E-state index in [1.807, 2.05) is 6.92 Å². The van der Waals surface area contributed by atoms with Gasteiger partial charge < -0.3 is 14.9 Å². The van der Waals surface area contributed by atoms with Crippen LogP contribution >= 0.6 is 11.8 Å². The van der Waals surface area contributed by atoms with E-state index in [9.17, 15) is 9.59 Å². The summed E-state index contributed by atoms with van der Waals surface area (Å²) in [6.45, 7) is 10.7. The van der Waals surface area contributed by atoms with Crippen molar-refractivity contribution in [3.8, 4) is 0 Å². The maximum atomic E-state index is 11.9. The minimum atomic E-state index is -0.873. The molecular weight excluding hydrogens is 264 g/mol. The number of carboxylic acids is 1. The predicted octanol–water partition coefficient (Wildman–Crippen LogP) is 1.38. The molecule has 19 heavy (non-hydrogen) atoms. The summed E-state index contributed by atoms with van der Waals surface area (Å²) >= 11 is 1.16. The lowest BCUT2D eigenvalue weighted by atomic mass is 10.3. The Labute approximate surface area is 120 Å². The van der Waals surface area contributed by atoms with Gasteiger partial charge in [-0.2, -0.15) is 0 Å². The van der Waals surface area contributed by atoms with Crippen LogP contribution in [0.1, 0.15) is 27.2 Å². The molecule has 0 aromatic rings. The van der Waals surface area contributed by atoms with E-state index in [1.165, 1.54) is 0 Å². The van der Waals surface area contributed by atoms with Crippen molar-refractivity contribution in [1.29, 1.82) is 0 Å². The number of carbonyl (C=O) groups is 2. The van der Waals surface area contributed by atoms with E-state index in [2.05, 4.69) is 18.7 Å². The molecule has 0 rings (SSSR count). The number of amides is 1. The first kappa shape index (κ1) is 18.2. The molecule has 1 N–H and O–H groups in total. The van der Waals surface area contributed by atoms with Gasteiger partial charge in [0.25, 0.3) is 0 Å². The van der Waals surface area contributed by atoms with Crippen molar-refractivity contribution >= 4 is 23.6 Å². The Morgan fingerprint density at radius 2 is 1.63 bits per heavy atom. The number of thioether (sulfide) groups is 1. The van der Waals surface area contributed by atoms with Crippen LogP contribution in [0.15, 0.2) is 0 Å². The van der Waals surface area contributed by atoms with Crippen molar-refractivity contribution in [2.24, 2.45) is 0 Å². The van der Waals surface area contributed by atoms with E-state index < -0.39 is 5.97 Å². The van der Waals surface area contributed by atoms with Crippen LogP contribution in [-0.4, -0.2) is 71.0 Å². The molecule has 0 aliphatic rings. The molecule has 112 valence electrons. The van der Waals surface area contributed by atoms with E-state index in [-0.39, 0.29) is 17.4 Å². The first-order valence-corrected chi connectivity index (χ1v) is 8.00. The normalized spacial score (nSPS) is 10.7. The molecule has 0 saturated heterocycles. The highest BCUT2D eigenvalue weighted by Crippen LogP contribution is 2.04. The van der Waals surface area contributed by atoms with Crippen LogP contribution in [-0.2, 0) is 9.59 Å². The summed E-state index contributed by atoms with van der Waals surface area (Å²) < 4.78 is 0. The largest absolute Gasteiger partial charge is 0.481 e. The molecule has 0 radical (unpaired) electrons. The zero-order valence-electron chi connectivity index (χ0n) is 12.2. The van der Waals surface area contributed by atoms with Crippen molar-refractivity contribution in [2.45, 2.75) is 27.2 Å². The van der Waals surface area contributed by atoms with Gasteiger partial charge in [0, 0.05) is 13.1 Å². The molecule has 1 amide bonds. The third-order valence-corrected chi connectivity index (χ3v) is 3.88.